The highest BCUT2D eigenvalue weighted by Gasteiger charge is 2.07. The van der Waals surface area contributed by atoms with Gasteiger partial charge in [0.05, 0.1) is 11.9 Å². The summed E-state index contributed by atoms with van der Waals surface area (Å²) in [6.07, 6.45) is 1.57. The maximum atomic E-state index is 10.2. The topological polar surface area (TPSA) is 41.8 Å². The van der Waals surface area contributed by atoms with E-state index in [1.165, 1.54) is 0 Å². The highest BCUT2D eigenvalue weighted by atomic mass is 16.1. The summed E-state index contributed by atoms with van der Waals surface area (Å²) in [5.41, 5.74) is 1.66. The molecule has 0 saturated heterocycles. The summed E-state index contributed by atoms with van der Waals surface area (Å²) >= 11 is 0. The first-order valence-electron chi connectivity index (χ1n) is 3.83. The van der Waals surface area contributed by atoms with Crippen molar-refractivity contribution in [1.29, 1.82) is 0 Å². The third-order valence-electron chi connectivity index (χ3n) is 1.70. The maximum Gasteiger partial charge on any atom is 0.239 e. The van der Waals surface area contributed by atoms with Crippen LogP contribution in [-0.2, 0) is 4.79 Å². The van der Waals surface area contributed by atoms with Crippen LogP contribution in [0.1, 0.15) is 5.56 Å². The van der Waals surface area contributed by atoms with Crippen LogP contribution in [0.5, 0.6) is 0 Å². The van der Waals surface area contributed by atoms with Crippen LogP contribution in [0.25, 0.3) is 0 Å². The van der Waals surface area contributed by atoms with E-state index in [0.717, 1.165) is 5.56 Å². The number of carbonyl (C=O) groups excluding carboxylic acids is 1. The van der Waals surface area contributed by atoms with Gasteiger partial charge in [-0.2, -0.15) is 0 Å². The second-order valence-corrected chi connectivity index (χ2v) is 2.55. The lowest BCUT2D eigenvalue weighted by Crippen LogP contribution is -1.97. The molecule has 0 unspecified atom stereocenters. The molecule has 13 heavy (non-hydrogen) atoms. The normalized spacial score (nSPS) is 14.2. The standard InChI is InChI=1S/C10H6N2O/c13-7-10-11-6-9(12-10)8-4-2-1-3-5-8/h1-6H. The third-order valence-corrected chi connectivity index (χ3v) is 1.70. The van der Waals surface area contributed by atoms with Crippen LogP contribution in [-0.4, -0.2) is 17.9 Å². The van der Waals surface area contributed by atoms with Crippen molar-refractivity contribution in [1.82, 2.24) is 0 Å². The zero-order valence-corrected chi connectivity index (χ0v) is 6.77. The molecule has 0 amide bonds. The van der Waals surface area contributed by atoms with Gasteiger partial charge in [-0.1, -0.05) is 30.3 Å². The summed E-state index contributed by atoms with van der Waals surface area (Å²) in [6.45, 7) is 0. The number of hydrogen-bond donors (Lipinski definition) is 0. The van der Waals surface area contributed by atoms with Crippen molar-refractivity contribution in [2.45, 2.75) is 0 Å². The molecule has 3 heteroatoms. The Morgan fingerprint density at radius 1 is 1.15 bits per heavy atom. The number of benzene rings is 1. The molecule has 1 aromatic rings. The summed E-state index contributed by atoms with van der Waals surface area (Å²) < 4.78 is 0. The lowest BCUT2D eigenvalue weighted by Gasteiger charge is -1.93. The molecule has 3 nitrogen and oxygen atoms in total. The summed E-state index contributed by atoms with van der Waals surface area (Å²) in [7, 11) is 0. The molecule has 0 radical (unpaired) electrons. The Kier molecular flexibility index (Phi) is 1.87. The van der Waals surface area contributed by atoms with E-state index in [1.807, 2.05) is 30.3 Å². The minimum absolute atomic E-state index is 0.110. The molecule has 0 aliphatic carbocycles. The first-order valence-corrected chi connectivity index (χ1v) is 3.83. The highest BCUT2D eigenvalue weighted by Crippen LogP contribution is 2.08. The molecule has 0 atom stereocenters. The fraction of sp³-hybridized carbons (Fsp3) is 0. The van der Waals surface area contributed by atoms with Crippen molar-refractivity contribution in [2.24, 2.45) is 9.98 Å². The zero-order valence-electron chi connectivity index (χ0n) is 6.77. The van der Waals surface area contributed by atoms with Crippen molar-refractivity contribution in [3.63, 3.8) is 0 Å². The lowest BCUT2D eigenvalue weighted by atomic mass is 10.1. The molecule has 0 N–H and O–H groups in total. The fourth-order valence-corrected chi connectivity index (χ4v) is 1.09. The number of rotatable bonds is 1. The van der Waals surface area contributed by atoms with E-state index in [0.29, 0.717) is 5.71 Å². The van der Waals surface area contributed by atoms with Crippen molar-refractivity contribution in [2.75, 3.05) is 0 Å². The van der Waals surface area contributed by atoms with Crippen LogP contribution in [0.15, 0.2) is 46.1 Å². The molecule has 0 fully saturated rings. The molecule has 1 aliphatic heterocycles. The minimum Gasteiger partial charge on any atom is -0.229 e. The van der Waals surface area contributed by atoms with E-state index in [9.17, 15) is 4.79 Å². The van der Waals surface area contributed by atoms with Crippen LogP contribution in [0.3, 0.4) is 0 Å². The fourth-order valence-electron chi connectivity index (χ4n) is 1.09. The van der Waals surface area contributed by atoms with Crippen LogP contribution in [0.2, 0.25) is 0 Å². The molecular formula is C10H6N2O. The van der Waals surface area contributed by atoms with Gasteiger partial charge in [0, 0.05) is 5.56 Å². The van der Waals surface area contributed by atoms with Gasteiger partial charge >= 0.3 is 0 Å². The van der Waals surface area contributed by atoms with Crippen molar-refractivity contribution in [3.05, 3.63) is 41.7 Å². The van der Waals surface area contributed by atoms with Gasteiger partial charge in [0.25, 0.3) is 0 Å². The van der Waals surface area contributed by atoms with Gasteiger partial charge in [-0.25, -0.2) is 14.8 Å². The van der Waals surface area contributed by atoms with Gasteiger partial charge in [-0.05, 0) is 0 Å². The van der Waals surface area contributed by atoms with E-state index >= 15 is 0 Å². The van der Waals surface area contributed by atoms with Crippen molar-refractivity contribution >= 4 is 17.9 Å². The van der Waals surface area contributed by atoms with Gasteiger partial charge in [-0.3, -0.25) is 0 Å². The van der Waals surface area contributed by atoms with E-state index in [2.05, 4.69) is 9.98 Å². The average Bonchev–Trinajstić information content (AvgIpc) is 2.67. The predicted molar refractivity (Wildman–Crippen MR) is 50.7 cm³/mol. The zero-order chi connectivity index (χ0) is 9.10. The Bertz CT molecular complexity index is 425. The van der Waals surface area contributed by atoms with Crippen molar-refractivity contribution < 1.29 is 4.79 Å². The summed E-state index contributed by atoms with van der Waals surface area (Å²) in [4.78, 5) is 17.9. The van der Waals surface area contributed by atoms with Gasteiger partial charge < -0.3 is 0 Å². The predicted octanol–water partition coefficient (Wildman–Crippen LogP) is 1.23. The maximum absolute atomic E-state index is 10.2. The van der Waals surface area contributed by atoms with Crippen molar-refractivity contribution in [3.8, 4) is 0 Å². The third kappa shape index (κ3) is 1.45. The molecule has 1 aromatic carbocycles. The molecule has 0 saturated carbocycles. The molecule has 1 heterocycles. The Morgan fingerprint density at radius 2 is 1.92 bits per heavy atom. The molecule has 1 aliphatic rings. The minimum atomic E-state index is 0.110. The Hall–Kier alpha value is -1.99. The molecular weight excluding hydrogens is 164 g/mol. The van der Waals surface area contributed by atoms with Gasteiger partial charge in [0.1, 0.15) is 0 Å². The molecule has 2 rings (SSSR count). The number of aliphatic imine (C=N–C) groups is 2. The summed E-state index contributed by atoms with van der Waals surface area (Å²) in [5.74, 6) is 1.75. The summed E-state index contributed by atoms with van der Waals surface area (Å²) in [6, 6.07) is 9.58. The first kappa shape index (κ1) is 7.65. The van der Waals surface area contributed by atoms with Crippen LogP contribution in [0.4, 0.5) is 0 Å². The van der Waals surface area contributed by atoms with E-state index < -0.39 is 0 Å². The lowest BCUT2D eigenvalue weighted by molar-refractivity contribution is 0.566. The SMILES string of the molecule is O=C=C1N=CC(c2ccccc2)=N1. The Balaban J connectivity index is 2.41. The second-order valence-electron chi connectivity index (χ2n) is 2.55. The Morgan fingerprint density at radius 3 is 2.54 bits per heavy atom. The number of nitrogens with zero attached hydrogens (tertiary/aromatic N) is 2. The number of hydrogen-bond acceptors (Lipinski definition) is 3. The highest BCUT2D eigenvalue weighted by molar-refractivity contribution is 6.40. The van der Waals surface area contributed by atoms with E-state index in [4.69, 9.17) is 0 Å². The van der Waals surface area contributed by atoms with Gasteiger partial charge in [0.2, 0.25) is 5.82 Å². The molecule has 0 aromatic heterocycles. The second kappa shape index (κ2) is 3.17. The molecule has 0 spiro atoms. The molecule has 0 bridgehead atoms. The smallest absolute Gasteiger partial charge is 0.229 e. The average molecular weight is 170 g/mol. The summed E-state index contributed by atoms with van der Waals surface area (Å²) in [5, 5.41) is 0. The first-order chi connectivity index (χ1) is 6.40. The van der Waals surface area contributed by atoms with Gasteiger partial charge in [-0.15, -0.1) is 0 Å². The quantitative estimate of drug-likeness (QED) is 0.584. The molecule has 62 valence electrons. The van der Waals surface area contributed by atoms with Crippen LogP contribution in [0, 0.1) is 0 Å². The van der Waals surface area contributed by atoms with Crippen LogP contribution >= 0.6 is 0 Å². The van der Waals surface area contributed by atoms with Gasteiger partial charge in [0.15, 0.2) is 5.94 Å². The van der Waals surface area contributed by atoms with Crippen LogP contribution < -0.4 is 0 Å². The Labute approximate surface area is 75.1 Å². The van der Waals surface area contributed by atoms with E-state index in [-0.39, 0.29) is 5.82 Å². The monoisotopic (exact) mass is 170 g/mol. The largest absolute Gasteiger partial charge is 0.239 e. The van der Waals surface area contributed by atoms with E-state index in [1.54, 1.807) is 12.2 Å².